The highest BCUT2D eigenvalue weighted by atomic mass is 16.7. The molecule has 0 spiro atoms. The molecule has 0 saturated carbocycles. The molecule has 9 heteroatoms. The largest absolute Gasteiger partial charge is 0.507 e. The van der Waals surface area contributed by atoms with Gasteiger partial charge in [0.25, 0.3) is 0 Å². The monoisotopic (exact) mass is 469 g/mol. The van der Waals surface area contributed by atoms with E-state index in [-0.39, 0.29) is 52.6 Å². The van der Waals surface area contributed by atoms with Crippen molar-refractivity contribution >= 4 is 11.6 Å². The number of carbonyl (C=O) groups excluding carboxylic acids is 2. The van der Waals surface area contributed by atoms with Gasteiger partial charge in [-0.3, -0.25) is 9.59 Å². The average Bonchev–Trinajstić information content (AvgIpc) is 2.77. The molecule has 0 aromatic heterocycles. The van der Waals surface area contributed by atoms with Crippen molar-refractivity contribution in [1.29, 1.82) is 0 Å². The molecular weight excluding hydrogens is 442 g/mol. The number of hydrogen-bond donors (Lipinski definition) is 5. The van der Waals surface area contributed by atoms with Gasteiger partial charge in [0.15, 0.2) is 17.9 Å². The lowest BCUT2D eigenvalue weighted by Gasteiger charge is -2.41. The third-order valence-electron chi connectivity index (χ3n) is 7.03. The first kappa shape index (κ1) is 22.9. The molecule has 2 aromatic rings. The number of phenols is 2. The lowest BCUT2D eigenvalue weighted by atomic mass is 9.73. The molecule has 3 aliphatic rings. The lowest BCUT2D eigenvalue weighted by molar-refractivity contribution is -0.247. The number of aliphatic hydroxyl groups excluding tert-OH is 1. The molecular formula is C25H27NO8. The third kappa shape index (κ3) is 3.43. The zero-order valence-electron chi connectivity index (χ0n) is 18.8. The number of carbonyl (C=O) groups is 2. The van der Waals surface area contributed by atoms with E-state index in [4.69, 9.17) is 15.2 Å². The van der Waals surface area contributed by atoms with Crippen LogP contribution in [0.3, 0.4) is 0 Å². The third-order valence-corrected chi connectivity index (χ3v) is 7.03. The first-order chi connectivity index (χ1) is 16.0. The summed E-state index contributed by atoms with van der Waals surface area (Å²) in [5.74, 6) is -2.06. The van der Waals surface area contributed by atoms with Crippen LogP contribution in [0.1, 0.15) is 75.8 Å². The number of phenolic OH excluding ortho intramolecular Hbond substituents is 2. The number of aliphatic hydroxyl groups is 2. The summed E-state index contributed by atoms with van der Waals surface area (Å²) in [5.41, 5.74) is 4.68. The van der Waals surface area contributed by atoms with Crippen LogP contribution >= 0.6 is 0 Å². The van der Waals surface area contributed by atoms with E-state index in [0.29, 0.717) is 0 Å². The second kappa shape index (κ2) is 7.86. The van der Waals surface area contributed by atoms with Crippen molar-refractivity contribution in [3.63, 3.8) is 0 Å². The van der Waals surface area contributed by atoms with Crippen LogP contribution in [0.25, 0.3) is 0 Å². The maximum atomic E-state index is 13.3. The van der Waals surface area contributed by atoms with Gasteiger partial charge in [0.1, 0.15) is 11.5 Å². The molecule has 0 bridgehead atoms. The molecule has 2 aromatic carbocycles. The molecule has 180 valence electrons. The molecule has 6 N–H and O–H groups in total. The van der Waals surface area contributed by atoms with Crippen molar-refractivity contribution in [3.05, 3.63) is 57.6 Å². The predicted octanol–water partition coefficient (Wildman–Crippen LogP) is 1.45. The summed E-state index contributed by atoms with van der Waals surface area (Å²) < 4.78 is 11.8. The van der Waals surface area contributed by atoms with Gasteiger partial charge in [0, 0.05) is 47.6 Å². The summed E-state index contributed by atoms with van der Waals surface area (Å²) in [6, 6.07) is 5.63. The van der Waals surface area contributed by atoms with Gasteiger partial charge < -0.3 is 35.6 Å². The van der Waals surface area contributed by atoms with E-state index < -0.39 is 59.3 Å². The Labute approximate surface area is 195 Å². The van der Waals surface area contributed by atoms with Crippen molar-refractivity contribution in [2.24, 2.45) is 5.73 Å². The molecule has 1 heterocycles. The topological polar surface area (TPSA) is 160 Å². The van der Waals surface area contributed by atoms with Crippen LogP contribution in [-0.2, 0) is 15.9 Å². The number of ketones is 2. The normalized spacial score (nSPS) is 32.7. The standard InChI is InChI=1S/C25H27NO8/c1-10-20(27)14(26)7-16(33-10)34-15-9-25(2,32)8-13-17(15)24(31)19-18(23(13)30)21(28)11-5-3-4-6-12(11)22(19)29/h3-6,10,14-16,20,27,30-32H,7-9,26H2,1-2H3/t10-,14-,15-,16-,20+,25-/m0/s1. The zero-order valence-corrected chi connectivity index (χ0v) is 18.8. The SMILES string of the molecule is C[C@@H]1O[C@@H](O[C@H]2C[C@@](C)(O)Cc3c(O)c4c(c(O)c32)C(=O)c2ccccc2C4=O)C[C@H](N)[C@@H]1O. The summed E-state index contributed by atoms with van der Waals surface area (Å²) in [6.45, 7) is 3.22. The summed E-state index contributed by atoms with van der Waals surface area (Å²) in [5, 5.41) is 43.4. The predicted molar refractivity (Wildman–Crippen MR) is 119 cm³/mol. The fraction of sp³-hybridized carbons (Fsp3) is 0.440. The molecule has 34 heavy (non-hydrogen) atoms. The van der Waals surface area contributed by atoms with Crippen molar-refractivity contribution in [2.45, 2.75) is 69.4 Å². The van der Waals surface area contributed by atoms with Gasteiger partial charge in [-0.25, -0.2) is 0 Å². The van der Waals surface area contributed by atoms with Crippen molar-refractivity contribution in [3.8, 4) is 11.5 Å². The summed E-state index contributed by atoms with van der Waals surface area (Å²) in [7, 11) is 0. The first-order valence-corrected chi connectivity index (χ1v) is 11.3. The Morgan fingerprint density at radius 3 is 2.26 bits per heavy atom. The number of hydrogen-bond acceptors (Lipinski definition) is 9. The molecule has 1 fully saturated rings. The fourth-order valence-electron chi connectivity index (χ4n) is 5.34. The van der Waals surface area contributed by atoms with Gasteiger partial charge in [0.2, 0.25) is 0 Å². The Morgan fingerprint density at radius 1 is 1.09 bits per heavy atom. The maximum absolute atomic E-state index is 13.3. The van der Waals surface area contributed by atoms with Gasteiger partial charge in [-0.1, -0.05) is 24.3 Å². The fourth-order valence-corrected chi connectivity index (χ4v) is 5.34. The van der Waals surface area contributed by atoms with E-state index in [1.807, 2.05) is 0 Å². The summed E-state index contributed by atoms with van der Waals surface area (Å²) in [6.07, 6.45) is -3.13. The second-order valence-electron chi connectivity index (χ2n) is 9.71. The number of ether oxygens (including phenoxy) is 2. The van der Waals surface area contributed by atoms with Gasteiger partial charge in [-0.2, -0.15) is 0 Å². The average molecular weight is 469 g/mol. The highest BCUT2D eigenvalue weighted by Gasteiger charge is 2.45. The van der Waals surface area contributed by atoms with Gasteiger partial charge in [0.05, 0.1) is 35.0 Å². The van der Waals surface area contributed by atoms with Crippen LogP contribution in [0, 0.1) is 0 Å². The van der Waals surface area contributed by atoms with Crippen LogP contribution in [-0.4, -0.2) is 62.1 Å². The van der Waals surface area contributed by atoms with Gasteiger partial charge in [-0.15, -0.1) is 0 Å². The molecule has 0 amide bonds. The first-order valence-electron chi connectivity index (χ1n) is 11.3. The molecule has 2 aliphatic carbocycles. The second-order valence-corrected chi connectivity index (χ2v) is 9.71. The summed E-state index contributed by atoms with van der Waals surface area (Å²) >= 11 is 0. The molecule has 0 radical (unpaired) electrons. The molecule has 6 atom stereocenters. The number of benzene rings is 2. The van der Waals surface area contributed by atoms with E-state index in [0.717, 1.165) is 0 Å². The lowest BCUT2D eigenvalue weighted by Crippen LogP contribution is -2.52. The minimum Gasteiger partial charge on any atom is -0.507 e. The summed E-state index contributed by atoms with van der Waals surface area (Å²) in [4.78, 5) is 26.5. The Morgan fingerprint density at radius 2 is 1.68 bits per heavy atom. The van der Waals surface area contributed by atoms with E-state index >= 15 is 0 Å². The Bertz CT molecular complexity index is 1190. The van der Waals surface area contributed by atoms with E-state index in [1.165, 1.54) is 12.1 Å². The minimum absolute atomic E-state index is 0.0382. The van der Waals surface area contributed by atoms with Crippen LogP contribution < -0.4 is 5.73 Å². The van der Waals surface area contributed by atoms with E-state index in [1.54, 1.807) is 26.0 Å². The van der Waals surface area contributed by atoms with Crippen molar-refractivity contribution in [1.82, 2.24) is 0 Å². The molecule has 1 aliphatic heterocycles. The van der Waals surface area contributed by atoms with Crippen molar-refractivity contribution < 1.29 is 39.5 Å². The smallest absolute Gasteiger partial charge is 0.198 e. The molecule has 5 rings (SSSR count). The Hall–Kier alpha value is -2.82. The van der Waals surface area contributed by atoms with Crippen LogP contribution in [0.15, 0.2) is 24.3 Å². The molecule has 1 saturated heterocycles. The van der Waals surface area contributed by atoms with E-state index in [2.05, 4.69) is 0 Å². The highest BCUT2D eigenvalue weighted by Crippen LogP contribution is 2.51. The number of rotatable bonds is 2. The van der Waals surface area contributed by atoms with Gasteiger partial charge >= 0.3 is 0 Å². The minimum atomic E-state index is -1.34. The van der Waals surface area contributed by atoms with E-state index in [9.17, 15) is 30.0 Å². The number of fused-ring (bicyclic) bond motifs is 3. The Balaban J connectivity index is 1.63. The van der Waals surface area contributed by atoms with Gasteiger partial charge in [-0.05, 0) is 13.8 Å². The highest BCUT2D eigenvalue weighted by molar-refractivity contribution is 6.30. The number of nitrogens with two attached hydrogens (primary N) is 1. The quantitative estimate of drug-likeness (QED) is 0.350. The number of aromatic hydroxyl groups is 2. The van der Waals surface area contributed by atoms with Crippen LogP contribution in [0.2, 0.25) is 0 Å². The Kier molecular flexibility index (Phi) is 5.30. The van der Waals surface area contributed by atoms with Crippen LogP contribution in [0.5, 0.6) is 11.5 Å². The van der Waals surface area contributed by atoms with Crippen molar-refractivity contribution in [2.75, 3.05) is 0 Å². The maximum Gasteiger partial charge on any atom is 0.198 e. The molecule has 9 nitrogen and oxygen atoms in total. The molecule has 0 unspecified atom stereocenters. The van der Waals surface area contributed by atoms with Crippen LogP contribution in [0.4, 0.5) is 0 Å². The zero-order chi connectivity index (χ0) is 24.5.